The van der Waals surface area contributed by atoms with Crippen molar-refractivity contribution in [2.75, 3.05) is 46.9 Å². The molecule has 30 nitrogen and oxygen atoms in total. The minimum absolute atomic E-state index is 0.0531. The minimum atomic E-state index is -4.47. The summed E-state index contributed by atoms with van der Waals surface area (Å²) in [6, 6.07) is 10.8. The fraction of sp³-hybridized carbons (Fsp3) is 0.386. The molecule has 12 aromatic rings. The normalized spacial score (nSPS) is 11.9. The standard InChI is InChI=1S/C15H17F3N4.C15H18N8.C15H20N4O2S.C15H20N4S.C15H20N4.C13H15ClN4S/c1-8(2)12-7-21-13(15(16,17)18)5-10(12)4-11-6-20-9(3)22-14(11)19;1-8(2)12-7-18-13(15-20-22-23-21-15)5-10(12)4-11-6-17-9(3)19-14(11)16;1-9(2)13-8-18-14(22(4,20)21)6-11(13)5-12-7-17-10(3)19-15(12)16;1-9(2)13-8-18-14(20-4)6-11(13)5-12-7-17-10(3)19-15(12)16;1-9(2)14-8-17-10(3)5-12(14)6-13-7-18-11(4)19-15(13)16;1-7(2)9-5-17-12(14)4-10(9)19-11-6-16-8(3)18-13(11)15/h5-8H,4H2,1-3H3,(H2,19,20,22);5-8,15H,4H2,1-3H3,(H2,16,17,19);6-9H,5H2,1-4H3,(H2,16,17,19);6-9H,5H2,1-4H3,(H2,16,17,19);5,7-9H,6H2,1-4H3,(H2,16,18,19);4-7H,1-3H3,(H2,15,16,18). The third kappa shape index (κ3) is 28.8. The minimum Gasteiger partial charge on any atom is -0.383 e. The zero-order valence-corrected chi connectivity index (χ0v) is 77.5. The number of halogens is 4. The quantitative estimate of drug-likeness (QED) is 0.0287. The lowest BCUT2D eigenvalue weighted by Gasteiger charge is -2.15. The molecule has 0 unspecified atom stereocenters. The van der Waals surface area contributed by atoms with Crippen LogP contribution in [0.5, 0.6) is 0 Å². The number of anilines is 6. The smallest absolute Gasteiger partial charge is 0.383 e. The molecular weight excluding hydrogens is 1670 g/mol. The number of rotatable bonds is 21. The van der Waals surface area contributed by atoms with Gasteiger partial charge in [-0.15, -0.1) is 22.0 Å². The lowest BCUT2D eigenvalue weighted by atomic mass is 9.94. The number of alkyl halides is 3. The Labute approximate surface area is 742 Å². The number of nitrogens with two attached hydrogens (primary N) is 6. The number of thioether (sulfide) groups is 1. The summed E-state index contributed by atoms with van der Waals surface area (Å²) in [5.41, 5.74) is 52.3. The van der Waals surface area contributed by atoms with Gasteiger partial charge in [0.25, 0.3) is 0 Å². The van der Waals surface area contributed by atoms with Crippen molar-refractivity contribution in [3.8, 4) is 0 Å². The highest BCUT2D eigenvalue weighted by molar-refractivity contribution is 7.99. The van der Waals surface area contributed by atoms with E-state index >= 15 is 0 Å². The Morgan fingerprint density at radius 2 is 0.696 bits per heavy atom. The van der Waals surface area contributed by atoms with Gasteiger partial charge in [-0.25, -0.2) is 83.2 Å². The molecule has 1 aliphatic rings. The molecule has 0 aromatic carbocycles. The lowest BCUT2D eigenvalue weighted by Crippen LogP contribution is -2.11. The van der Waals surface area contributed by atoms with Gasteiger partial charge in [0, 0.05) is 151 Å². The van der Waals surface area contributed by atoms with Gasteiger partial charge in [-0.1, -0.05) is 106 Å². The zero-order valence-electron chi connectivity index (χ0n) is 74.3. The Balaban J connectivity index is 0.000000186. The summed E-state index contributed by atoms with van der Waals surface area (Å²) >= 11 is 9.13. The van der Waals surface area contributed by atoms with Gasteiger partial charge in [0.1, 0.15) is 80.7 Å². The number of sulfone groups is 1. The molecule has 0 aliphatic carbocycles. The molecule has 125 heavy (non-hydrogen) atoms. The van der Waals surface area contributed by atoms with Crippen LogP contribution in [0, 0.1) is 48.5 Å². The van der Waals surface area contributed by atoms with E-state index in [1.807, 2.05) is 112 Å². The monoisotopic (exact) mass is 1780 g/mol. The van der Waals surface area contributed by atoms with Crippen molar-refractivity contribution in [1.82, 2.24) is 89.7 Å². The summed E-state index contributed by atoms with van der Waals surface area (Å²) in [7, 11) is -3.35. The van der Waals surface area contributed by atoms with Crippen LogP contribution in [-0.4, -0.2) is 111 Å². The SMILES string of the molecule is CSc1cc(Cc2cnc(C)nc2N)c(C(C)C)cn1.Cc1cc(Cc2cnc(C)nc2N)c(C(C)C)cn1.Cc1ncc(Cc2cc(C(F)(F)F)ncc2C(C)C)c(N)n1.Cc1ncc(Cc2cc(C3N=NN=N3)ncc2C(C)C)c(N)n1.Cc1ncc(Cc2cc(S(C)(=O)=O)ncc2C(C)C)c(N)n1.Cc1ncc(Sc2cc(Cl)ncc2C(C)C)c(N)n1. The molecule has 0 amide bonds. The molecule has 0 radical (unpaired) electrons. The third-order valence-electron chi connectivity index (χ3n) is 19.4. The highest BCUT2D eigenvalue weighted by Gasteiger charge is 2.34. The van der Waals surface area contributed by atoms with E-state index in [4.69, 9.17) is 46.0 Å². The van der Waals surface area contributed by atoms with Crippen LogP contribution in [0.25, 0.3) is 0 Å². The molecule has 0 fully saturated rings. The molecule has 0 saturated carbocycles. The molecular formula is C88H110ClF3N28O2S3. The summed E-state index contributed by atoms with van der Waals surface area (Å²) in [5, 5.41) is 16.5. The van der Waals surface area contributed by atoms with Gasteiger partial charge in [-0.3, -0.25) is 15.0 Å². The van der Waals surface area contributed by atoms with Gasteiger partial charge in [-0.2, -0.15) is 13.2 Å². The fourth-order valence-electron chi connectivity index (χ4n) is 12.8. The topological polar surface area (TPSA) is 472 Å². The number of hydrogen-bond donors (Lipinski definition) is 6. The van der Waals surface area contributed by atoms with Gasteiger partial charge >= 0.3 is 6.18 Å². The molecule has 0 saturated heterocycles. The average molecular weight is 1780 g/mol. The molecule has 37 heteroatoms. The number of nitrogen functional groups attached to an aromatic ring is 6. The first-order chi connectivity index (χ1) is 58.8. The van der Waals surface area contributed by atoms with Gasteiger partial charge in [0.15, 0.2) is 14.9 Å². The summed E-state index contributed by atoms with van der Waals surface area (Å²) in [6.07, 6.45) is 22.0. The molecule has 13 heterocycles. The first-order valence-corrected chi connectivity index (χ1v) is 44.5. The van der Waals surface area contributed by atoms with Crippen molar-refractivity contribution >= 4 is 79.9 Å². The van der Waals surface area contributed by atoms with E-state index in [1.165, 1.54) is 40.2 Å². The Hall–Kier alpha value is -11.9. The van der Waals surface area contributed by atoms with Crippen LogP contribution in [0.15, 0.2) is 151 Å². The molecule has 0 spiro atoms. The Kier molecular flexibility index (Phi) is 35.2. The van der Waals surface area contributed by atoms with Gasteiger partial charge in [-0.05, 0) is 198 Å². The maximum atomic E-state index is 12.9. The Morgan fingerprint density at radius 1 is 0.368 bits per heavy atom. The zero-order chi connectivity index (χ0) is 92.1. The third-order valence-corrected chi connectivity index (χ3v) is 22.4. The number of aromatic nitrogens is 18. The molecule has 13 rings (SSSR count). The second-order valence-electron chi connectivity index (χ2n) is 31.6. The van der Waals surface area contributed by atoms with Crippen molar-refractivity contribution in [3.63, 3.8) is 0 Å². The van der Waals surface area contributed by atoms with Crippen molar-refractivity contribution in [2.45, 2.75) is 231 Å². The van der Waals surface area contributed by atoms with Crippen LogP contribution in [0.4, 0.5) is 48.1 Å². The summed E-state index contributed by atoms with van der Waals surface area (Å²) in [5.74, 6) is 8.55. The number of hydrogen-bond acceptors (Lipinski definition) is 32. The van der Waals surface area contributed by atoms with Crippen LogP contribution in [-0.2, 0) is 48.1 Å². The van der Waals surface area contributed by atoms with E-state index < -0.39 is 27.9 Å². The maximum Gasteiger partial charge on any atom is 0.433 e. The summed E-state index contributed by atoms with van der Waals surface area (Å²) < 4.78 is 62.0. The molecule has 1 aliphatic heterocycles. The largest absolute Gasteiger partial charge is 0.433 e. The predicted octanol–water partition coefficient (Wildman–Crippen LogP) is 18.4. The second-order valence-corrected chi connectivity index (χ2v) is 35.8. The Bertz CT molecular complexity index is 5800. The van der Waals surface area contributed by atoms with E-state index in [0.717, 1.165) is 107 Å². The Morgan fingerprint density at radius 3 is 1.06 bits per heavy atom. The molecule has 0 atom stereocenters. The summed E-state index contributed by atoms with van der Waals surface area (Å²) in [6.45, 7) is 37.9. The van der Waals surface area contributed by atoms with Gasteiger partial charge in [0.2, 0.25) is 6.17 Å². The maximum absolute atomic E-state index is 12.9. The number of pyridine rings is 6. The van der Waals surface area contributed by atoms with Crippen LogP contribution < -0.4 is 34.4 Å². The van der Waals surface area contributed by atoms with Crippen molar-refractivity contribution < 1.29 is 21.6 Å². The van der Waals surface area contributed by atoms with Crippen molar-refractivity contribution in [3.05, 3.63) is 257 Å². The highest BCUT2D eigenvalue weighted by atomic mass is 35.5. The number of nitrogens with zero attached hydrogens (tertiary/aromatic N) is 22. The van der Waals surface area contributed by atoms with E-state index in [2.05, 4.69) is 178 Å². The fourth-order valence-corrected chi connectivity index (χ4v) is 15.1. The number of aryl methyl sites for hydroxylation is 7. The van der Waals surface area contributed by atoms with Crippen molar-refractivity contribution in [2.24, 2.45) is 20.7 Å². The molecule has 12 aromatic heterocycles. The van der Waals surface area contributed by atoms with Gasteiger partial charge < -0.3 is 34.4 Å². The molecule has 660 valence electrons. The lowest BCUT2D eigenvalue weighted by molar-refractivity contribution is -0.141. The van der Waals surface area contributed by atoms with E-state index in [9.17, 15) is 21.6 Å². The first-order valence-electron chi connectivity index (χ1n) is 40.2. The average Bonchev–Trinajstić information content (AvgIpc) is 0.862. The highest BCUT2D eigenvalue weighted by Crippen LogP contribution is 2.38. The van der Waals surface area contributed by atoms with E-state index in [1.54, 1.807) is 68.9 Å². The van der Waals surface area contributed by atoms with Crippen LogP contribution >= 0.6 is 35.1 Å². The van der Waals surface area contributed by atoms with Crippen molar-refractivity contribution in [1.29, 1.82) is 0 Å². The van der Waals surface area contributed by atoms with E-state index in [0.29, 0.717) is 117 Å². The van der Waals surface area contributed by atoms with E-state index in [-0.39, 0.29) is 29.1 Å². The second kappa shape index (κ2) is 44.6. The molecule has 0 bridgehead atoms. The van der Waals surface area contributed by atoms with Gasteiger partial charge in [0.05, 0.1) is 15.6 Å². The molecule has 12 N–H and O–H groups in total. The first kappa shape index (κ1) is 98.5. The van der Waals surface area contributed by atoms with Crippen LogP contribution in [0.3, 0.4) is 0 Å². The summed E-state index contributed by atoms with van der Waals surface area (Å²) in [4.78, 5) is 77.0. The van der Waals surface area contributed by atoms with Crippen LogP contribution in [0.1, 0.15) is 266 Å². The van der Waals surface area contributed by atoms with Crippen LogP contribution in [0.2, 0.25) is 5.15 Å². The predicted molar refractivity (Wildman–Crippen MR) is 487 cm³/mol.